The van der Waals surface area contributed by atoms with Crippen LogP contribution >= 0.6 is 24.4 Å². The first-order valence-electron chi connectivity index (χ1n) is 29.9. The van der Waals surface area contributed by atoms with Crippen molar-refractivity contribution in [2.75, 3.05) is 31.7 Å². The molecule has 0 saturated heterocycles. The Morgan fingerprint density at radius 3 is 1.36 bits per heavy atom. The highest BCUT2D eigenvalue weighted by molar-refractivity contribution is 8.13. The molecule has 6 aromatic rings. The number of carboxylic acid groups (broad SMARTS) is 1. The van der Waals surface area contributed by atoms with Crippen LogP contribution in [0.4, 0.5) is 0 Å². The van der Waals surface area contributed by atoms with Gasteiger partial charge in [0, 0.05) is 74.7 Å². The van der Waals surface area contributed by atoms with Gasteiger partial charge in [-0.3, -0.25) is 33.6 Å². The summed E-state index contributed by atoms with van der Waals surface area (Å²) < 4.78 is 4.92. The molecule has 6 rings (SSSR count). The van der Waals surface area contributed by atoms with E-state index in [4.69, 9.17) is 4.74 Å². The number of aliphatic carboxylic acids is 1. The predicted octanol–water partition coefficient (Wildman–Crippen LogP) is 11.8. The van der Waals surface area contributed by atoms with Gasteiger partial charge < -0.3 is 19.6 Å². The SMILES string of the molecule is CCCCCN(Cc1ccc(-c2ccccc2-c2nn[nH]n2)cc1)C(=O)[C@H](CC(=O)O)CC(=O)C(CS)CC(C)C.CCCCCN(Cc1ccc(-c2ccccc2-c2nn[nH]n2)cc1)C(=O)[C@H](CC(=O)OC)CC(=O)C(CSC(C)=O)CC(C)C. The van der Waals surface area contributed by atoms with Crippen LogP contribution in [0.5, 0.6) is 0 Å². The molecule has 0 saturated carbocycles. The van der Waals surface area contributed by atoms with Gasteiger partial charge in [-0.05, 0) is 87.1 Å². The quantitative estimate of drug-likeness (QED) is 0.0164. The van der Waals surface area contributed by atoms with Crippen LogP contribution in [-0.4, -0.2) is 128 Å². The fourth-order valence-electron chi connectivity index (χ4n) is 10.4. The first-order chi connectivity index (χ1) is 41.3. The second-order valence-corrected chi connectivity index (χ2v) is 24.2. The number of methoxy groups -OCH3 is 1. The Bertz CT molecular complexity index is 3070. The number of hydrogen-bond acceptors (Lipinski definition) is 16. The lowest BCUT2D eigenvalue weighted by Gasteiger charge is -2.28. The van der Waals surface area contributed by atoms with Gasteiger partial charge in [-0.2, -0.15) is 23.1 Å². The number of tetrazole rings is 2. The number of nitrogens with one attached hydrogen (secondary N) is 2. The summed E-state index contributed by atoms with van der Waals surface area (Å²) in [5, 5.41) is 38.4. The maximum Gasteiger partial charge on any atom is 0.306 e. The normalized spacial score (nSPS) is 12.6. The summed E-state index contributed by atoms with van der Waals surface area (Å²) in [4.78, 5) is 93.8. The number of Topliss-reactive ketones (excluding diaryl/α,β-unsaturated/α-hetero) is 2. The smallest absolute Gasteiger partial charge is 0.306 e. The van der Waals surface area contributed by atoms with E-state index < -0.39 is 23.8 Å². The lowest BCUT2D eigenvalue weighted by molar-refractivity contribution is -0.148. The van der Waals surface area contributed by atoms with E-state index >= 15 is 0 Å². The van der Waals surface area contributed by atoms with E-state index in [1.807, 2.05) is 125 Å². The number of unbranched alkanes of at least 4 members (excludes halogenated alkanes) is 4. The zero-order valence-electron chi connectivity index (χ0n) is 51.1. The molecule has 0 radical (unpaired) electrons. The molecule has 4 aromatic carbocycles. The van der Waals surface area contributed by atoms with E-state index in [0.717, 1.165) is 94.8 Å². The van der Waals surface area contributed by atoms with Crippen molar-refractivity contribution >= 4 is 64.8 Å². The number of thiol groups is 1. The Balaban J connectivity index is 0.000000315. The number of rotatable bonds is 35. The zero-order valence-corrected chi connectivity index (χ0v) is 52.8. The van der Waals surface area contributed by atoms with Gasteiger partial charge in [0.2, 0.25) is 23.5 Å². The van der Waals surface area contributed by atoms with Crippen LogP contribution in [0.1, 0.15) is 137 Å². The van der Waals surface area contributed by atoms with Crippen molar-refractivity contribution in [2.45, 2.75) is 139 Å². The second-order valence-electron chi connectivity index (χ2n) is 22.6. The van der Waals surface area contributed by atoms with Gasteiger partial charge in [-0.1, -0.05) is 176 Å². The van der Waals surface area contributed by atoms with E-state index in [-0.39, 0.29) is 71.9 Å². The molecule has 21 heteroatoms. The van der Waals surface area contributed by atoms with Gasteiger partial charge in [-0.25, -0.2) is 0 Å². The lowest BCUT2D eigenvalue weighted by atomic mass is 9.87. The Kier molecular flexibility index (Phi) is 29.5. The molecule has 462 valence electrons. The first kappa shape index (κ1) is 69.4. The first-order valence-corrected chi connectivity index (χ1v) is 31.5. The molecule has 4 atom stereocenters. The summed E-state index contributed by atoms with van der Waals surface area (Å²) >= 11 is 5.48. The van der Waals surface area contributed by atoms with E-state index in [2.05, 4.69) is 67.7 Å². The molecule has 0 aliphatic rings. The number of benzene rings is 4. The number of carbonyl (C=O) groups is 7. The van der Waals surface area contributed by atoms with Crippen molar-refractivity contribution in [3.05, 3.63) is 108 Å². The highest BCUT2D eigenvalue weighted by Crippen LogP contribution is 2.33. The minimum Gasteiger partial charge on any atom is -0.481 e. The van der Waals surface area contributed by atoms with E-state index in [0.29, 0.717) is 68.1 Å². The number of carboxylic acids is 1. The highest BCUT2D eigenvalue weighted by atomic mass is 32.2. The maximum absolute atomic E-state index is 14.1. The van der Waals surface area contributed by atoms with Gasteiger partial charge >= 0.3 is 11.9 Å². The molecular weight excluding hydrogens is 1130 g/mol. The molecule has 2 unspecified atom stereocenters. The Morgan fingerprint density at radius 1 is 0.570 bits per heavy atom. The van der Waals surface area contributed by atoms with Crippen LogP contribution in [-0.2, 0) is 51.4 Å². The maximum atomic E-state index is 14.1. The van der Waals surface area contributed by atoms with E-state index in [1.165, 1.54) is 14.0 Å². The molecule has 0 aliphatic heterocycles. The van der Waals surface area contributed by atoms with Crippen LogP contribution in [0, 0.1) is 35.5 Å². The van der Waals surface area contributed by atoms with Crippen LogP contribution in [0.15, 0.2) is 97.1 Å². The number of aromatic nitrogens is 8. The minimum absolute atomic E-state index is 0.0508. The third-order valence-corrected chi connectivity index (χ3v) is 16.2. The number of carbonyl (C=O) groups excluding carboxylic acids is 6. The van der Waals surface area contributed by atoms with Gasteiger partial charge in [0.1, 0.15) is 11.6 Å². The van der Waals surface area contributed by atoms with E-state index in [9.17, 15) is 38.7 Å². The number of aromatic amines is 2. The molecule has 0 spiro atoms. The van der Waals surface area contributed by atoms with Crippen LogP contribution in [0.2, 0.25) is 0 Å². The van der Waals surface area contributed by atoms with Gasteiger partial charge in [0.15, 0.2) is 5.12 Å². The van der Waals surface area contributed by atoms with Crippen molar-refractivity contribution < 1.29 is 43.4 Å². The second kappa shape index (κ2) is 36.6. The van der Waals surface area contributed by atoms with Gasteiger partial charge in [0.25, 0.3) is 0 Å². The fourth-order valence-corrected chi connectivity index (χ4v) is 11.5. The van der Waals surface area contributed by atoms with Gasteiger partial charge in [-0.15, -0.1) is 20.4 Å². The molecule has 19 nitrogen and oxygen atoms in total. The fraction of sp³-hybridized carbons (Fsp3) is 0.492. The predicted molar refractivity (Wildman–Crippen MR) is 338 cm³/mol. The van der Waals surface area contributed by atoms with Crippen molar-refractivity contribution in [2.24, 2.45) is 35.5 Å². The van der Waals surface area contributed by atoms with Gasteiger partial charge in [0.05, 0.1) is 31.8 Å². The Morgan fingerprint density at radius 2 is 0.988 bits per heavy atom. The lowest BCUT2D eigenvalue weighted by Crippen LogP contribution is -2.39. The largest absolute Gasteiger partial charge is 0.481 e. The molecular formula is C65H86N10O9S2. The van der Waals surface area contributed by atoms with Crippen LogP contribution in [0.25, 0.3) is 45.0 Å². The molecule has 2 heterocycles. The Hall–Kier alpha value is -7.39. The van der Waals surface area contributed by atoms with Crippen molar-refractivity contribution in [1.82, 2.24) is 51.0 Å². The summed E-state index contributed by atoms with van der Waals surface area (Å²) in [7, 11) is 1.29. The zero-order chi connectivity index (χ0) is 62.5. The highest BCUT2D eigenvalue weighted by Gasteiger charge is 2.34. The minimum atomic E-state index is -1.08. The third-order valence-electron chi connectivity index (χ3n) is 14.8. The topological polar surface area (TPSA) is 264 Å². The van der Waals surface area contributed by atoms with Crippen LogP contribution < -0.4 is 0 Å². The molecule has 3 N–H and O–H groups in total. The number of thioether (sulfide) groups is 1. The van der Waals surface area contributed by atoms with Crippen molar-refractivity contribution in [3.63, 3.8) is 0 Å². The van der Waals surface area contributed by atoms with Crippen LogP contribution in [0.3, 0.4) is 0 Å². The number of nitrogens with zero attached hydrogens (tertiary/aromatic N) is 8. The average molecular weight is 1220 g/mol. The number of hydrogen-bond donors (Lipinski definition) is 4. The molecule has 0 bridgehead atoms. The molecule has 86 heavy (non-hydrogen) atoms. The molecule has 2 amide bonds. The standard InChI is InChI=1S/C34H45N5O5S.C31H41N5O4S/c1-6-7-10-17-39(21-25-13-15-26(16-14-25)29-11-8-9-12-30(29)33-35-37-38-36-33)34(43)27(20-32(42)44-5)19-31(41)28(18-23(2)3)22-45-24(4)40;1-4-5-8-15-36(31(40)24(18-29(38)39)17-28(37)25(20-41)16-21(2)3)19-22-11-13-23(14-12-22)26-9-6-7-10-27(26)30-32-34-35-33-30/h8-9,11-16,23,27-28H,6-7,10,17-22H2,1-5H3,(H,35,36,37,38);6-7,9-14,21,24-25,41H,4-5,8,15-20H2,1-3H3,(H,38,39)(H,32,33,34,35)/t27-,28?;24-,25?/m00/s1. The number of ketones is 2. The van der Waals surface area contributed by atoms with E-state index in [1.54, 1.807) is 9.80 Å². The summed E-state index contributed by atoms with van der Waals surface area (Å²) in [6, 6.07) is 31.5. The van der Waals surface area contributed by atoms with Crippen molar-refractivity contribution in [1.29, 1.82) is 0 Å². The number of ether oxygens (including phenoxy) is 1. The summed E-state index contributed by atoms with van der Waals surface area (Å²) in [6.45, 7) is 15.5. The number of esters is 1. The third kappa shape index (κ3) is 22.5. The monoisotopic (exact) mass is 1210 g/mol. The summed E-state index contributed by atoms with van der Waals surface area (Å²) in [6.07, 6.45) is 6.08. The molecule has 2 aromatic heterocycles. The summed E-state index contributed by atoms with van der Waals surface area (Å²) in [5.74, 6) is -2.43. The Labute approximate surface area is 515 Å². The summed E-state index contributed by atoms with van der Waals surface area (Å²) in [5.41, 5.74) is 7.40. The average Bonchev–Trinajstić information content (AvgIpc) is 4.32. The molecule has 0 aliphatic carbocycles. The number of amides is 2. The molecule has 0 fully saturated rings. The number of H-pyrrole nitrogens is 2. The van der Waals surface area contributed by atoms with Crippen molar-refractivity contribution in [3.8, 4) is 45.0 Å².